The molecule has 2 heterocycles. The van der Waals surface area contributed by atoms with Gasteiger partial charge in [-0.1, -0.05) is 18.2 Å². The molecule has 2 aromatic heterocycles. The number of fused-ring (bicyclic) bond motifs is 1. The molecule has 22 heavy (non-hydrogen) atoms. The number of aliphatic hydroxyl groups excluding tert-OH is 1. The zero-order chi connectivity index (χ0) is 15.6. The van der Waals surface area contributed by atoms with Crippen molar-refractivity contribution in [3.63, 3.8) is 0 Å². The van der Waals surface area contributed by atoms with Crippen LogP contribution in [0.4, 0.5) is 0 Å². The molecule has 0 unspecified atom stereocenters. The topological polar surface area (TPSA) is 79.3 Å². The third-order valence-corrected chi connectivity index (χ3v) is 5.67. The van der Waals surface area contributed by atoms with Crippen LogP contribution in [0.1, 0.15) is 11.7 Å². The SMILES string of the molecule is O=S(=O)(NC[C@@H](O)c1csc2ccccc12)c1cccnc1. The number of pyridine rings is 1. The van der Waals surface area contributed by atoms with Gasteiger partial charge in [0.2, 0.25) is 10.0 Å². The lowest BCUT2D eigenvalue weighted by Crippen LogP contribution is -2.28. The molecular weight excluding hydrogens is 320 g/mol. The van der Waals surface area contributed by atoms with Crippen LogP contribution in [0.25, 0.3) is 10.1 Å². The van der Waals surface area contributed by atoms with Gasteiger partial charge in [0, 0.05) is 29.2 Å². The Morgan fingerprint density at radius 1 is 1.23 bits per heavy atom. The molecule has 0 aliphatic rings. The predicted octanol–water partition coefficient (Wildman–Crippen LogP) is 2.31. The first-order chi connectivity index (χ1) is 10.6. The Kier molecular flexibility index (Phi) is 4.21. The standard InChI is InChI=1S/C15H14N2O3S2/c18-14(13-10-21-15-6-2-1-5-12(13)15)9-17-22(19,20)11-4-3-7-16-8-11/h1-8,10,14,17-18H,9H2/t14-/m1/s1. The molecule has 0 fully saturated rings. The van der Waals surface area contributed by atoms with Gasteiger partial charge in [-0.2, -0.15) is 0 Å². The second kappa shape index (κ2) is 6.13. The molecule has 2 N–H and O–H groups in total. The summed E-state index contributed by atoms with van der Waals surface area (Å²) >= 11 is 1.52. The highest BCUT2D eigenvalue weighted by atomic mass is 32.2. The van der Waals surface area contributed by atoms with E-state index in [-0.39, 0.29) is 11.4 Å². The van der Waals surface area contributed by atoms with Gasteiger partial charge in [0.1, 0.15) is 4.90 Å². The summed E-state index contributed by atoms with van der Waals surface area (Å²) in [5, 5.41) is 13.1. The van der Waals surface area contributed by atoms with E-state index in [0.29, 0.717) is 0 Å². The maximum Gasteiger partial charge on any atom is 0.242 e. The van der Waals surface area contributed by atoms with Crippen molar-refractivity contribution in [2.75, 3.05) is 6.54 Å². The lowest BCUT2D eigenvalue weighted by atomic mass is 10.1. The van der Waals surface area contributed by atoms with Crippen LogP contribution >= 0.6 is 11.3 Å². The summed E-state index contributed by atoms with van der Waals surface area (Å²) in [5.74, 6) is 0. The van der Waals surface area contributed by atoms with Crippen LogP contribution in [0.3, 0.4) is 0 Å². The molecule has 0 bridgehead atoms. The summed E-state index contributed by atoms with van der Waals surface area (Å²) < 4.78 is 27.7. The summed E-state index contributed by atoms with van der Waals surface area (Å²) in [5.41, 5.74) is 0.731. The molecule has 0 spiro atoms. The number of aromatic nitrogens is 1. The number of nitrogens with zero attached hydrogens (tertiary/aromatic N) is 1. The molecule has 114 valence electrons. The van der Waals surface area contributed by atoms with E-state index >= 15 is 0 Å². The van der Waals surface area contributed by atoms with Crippen LogP contribution in [0.5, 0.6) is 0 Å². The third-order valence-electron chi connectivity index (χ3n) is 3.28. The van der Waals surface area contributed by atoms with Crippen molar-refractivity contribution in [2.24, 2.45) is 0 Å². The van der Waals surface area contributed by atoms with Crippen LogP contribution < -0.4 is 4.72 Å². The zero-order valence-electron chi connectivity index (χ0n) is 11.5. The van der Waals surface area contributed by atoms with Gasteiger partial charge < -0.3 is 5.11 Å². The Labute approximate surface area is 132 Å². The van der Waals surface area contributed by atoms with Gasteiger partial charge in [-0.3, -0.25) is 4.98 Å². The molecular formula is C15H14N2O3S2. The first-order valence-electron chi connectivity index (χ1n) is 6.62. The highest BCUT2D eigenvalue weighted by Gasteiger charge is 2.18. The van der Waals surface area contributed by atoms with E-state index in [2.05, 4.69) is 9.71 Å². The number of benzene rings is 1. The second-order valence-corrected chi connectivity index (χ2v) is 7.42. The van der Waals surface area contributed by atoms with E-state index in [1.165, 1.54) is 29.8 Å². The quantitative estimate of drug-likeness (QED) is 0.750. The van der Waals surface area contributed by atoms with E-state index in [1.807, 2.05) is 29.6 Å². The molecule has 1 atom stereocenters. The van der Waals surface area contributed by atoms with Gasteiger partial charge in [0.15, 0.2) is 0 Å². The zero-order valence-corrected chi connectivity index (χ0v) is 13.1. The van der Waals surface area contributed by atoms with Crippen LogP contribution in [0, 0.1) is 0 Å². The monoisotopic (exact) mass is 334 g/mol. The fraction of sp³-hybridized carbons (Fsp3) is 0.133. The van der Waals surface area contributed by atoms with Gasteiger partial charge in [-0.15, -0.1) is 11.3 Å². The second-order valence-electron chi connectivity index (χ2n) is 4.74. The predicted molar refractivity (Wildman–Crippen MR) is 86.2 cm³/mol. The van der Waals surface area contributed by atoms with Crippen LogP contribution in [0.2, 0.25) is 0 Å². The molecule has 0 saturated heterocycles. The fourth-order valence-corrected chi connectivity index (χ4v) is 4.15. The Hall–Kier alpha value is -1.80. The first-order valence-corrected chi connectivity index (χ1v) is 8.98. The molecule has 0 aliphatic carbocycles. The molecule has 3 rings (SSSR count). The number of rotatable bonds is 5. The fourth-order valence-electron chi connectivity index (χ4n) is 2.14. The summed E-state index contributed by atoms with van der Waals surface area (Å²) in [6.45, 7) is -0.0854. The number of hydrogen-bond donors (Lipinski definition) is 2. The van der Waals surface area contributed by atoms with E-state index in [1.54, 1.807) is 6.07 Å². The summed E-state index contributed by atoms with van der Waals surface area (Å²) in [6.07, 6.45) is 1.88. The normalized spacial score (nSPS) is 13.3. The number of thiophene rings is 1. The Balaban J connectivity index is 1.76. The van der Waals surface area contributed by atoms with E-state index in [4.69, 9.17) is 0 Å². The van der Waals surface area contributed by atoms with E-state index < -0.39 is 16.1 Å². The highest BCUT2D eigenvalue weighted by molar-refractivity contribution is 7.89. The third kappa shape index (κ3) is 3.02. The summed E-state index contributed by atoms with van der Waals surface area (Å²) in [4.78, 5) is 3.87. The van der Waals surface area contributed by atoms with Crippen molar-refractivity contribution < 1.29 is 13.5 Å². The molecule has 3 aromatic rings. The maximum absolute atomic E-state index is 12.1. The van der Waals surface area contributed by atoms with Crippen molar-refractivity contribution >= 4 is 31.4 Å². The van der Waals surface area contributed by atoms with Crippen LogP contribution in [-0.4, -0.2) is 25.1 Å². The molecule has 7 heteroatoms. The molecule has 0 aliphatic heterocycles. The minimum atomic E-state index is -3.67. The average molecular weight is 334 g/mol. The Bertz CT molecular complexity index is 876. The number of nitrogens with one attached hydrogen (secondary N) is 1. The minimum absolute atomic E-state index is 0.0809. The Morgan fingerprint density at radius 3 is 2.82 bits per heavy atom. The van der Waals surface area contributed by atoms with Crippen LogP contribution in [-0.2, 0) is 10.0 Å². The summed E-state index contributed by atoms with van der Waals surface area (Å²) in [7, 11) is -3.67. The van der Waals surface area contributed by atoms with Crippen molar-refractivity contribution in [3.8, 4) is 0 Å². The molecule has 0 amide bonds. The average Bonchev–Trinajstić information content (AvgIpc) is 2.98. The molecule has 0 radical (unpaired) electrons. The number of hydrogen-bond acceptors (Lipinski definition) is 5. The number of sulfonamides is 1. The van der Waals surface area contributed by atoms with E-state index in [0.717, 1.165) is 15.6 Å². The van der Waals surface area contributed by atoms with Gasteiger partial charge in [0.05, 0.1) is 6.10 Å². The van der Waals surface area contributed by atoms with Crippen molar-refractivity contribution in [2.45, 2.75) is 11.0 Å². The van der Waals surface area contributed by atoms with Crippen LogP contribution in [0.15, 0.2) is 59.1 Å². The largest absolute Gasteiger partial charge is 0.387 e. The smallest absolute Gasteiger partial charge is 0.242 e. The van der Waals surface area contributed by atoms with Gasteiger partial charge in [-0.05, 0) is 29.0 Å². The highest BCUT2D eigenvalue weighted by Crippen LogP contribution is 2.30. The first kappa shape index (κ1) is 15.1. The lowest BCUT2D eigenvalue weighted by molar-refractivity contribution is 0.184. The summed E-state index contributed by atoms with van der Waals surface area (Å²) in [6, 6.07) is 10.7. The molecule has 5 nitrogen and oxygen atoms in total. The van der Waals surface area contributed by atoms with Crippen molar-refractivity contribution in [3.05, 3.63) is 59.7 Å². The molecule has 0 saturated carbocycles. The van der Waals surface area contributed by atoms with Crippen molar-refractivity contribution in [1.29, 1.82) is 0 Å². The van der Waals surface area contributed by atoms with Crippen molar-refractivity contribution in [1.82, 2.24) is 9.71 Å². The number of aliphatic hydroxyl groups is 1. The maximum atomic E-state index is 12.1. The lowest BCUT2D eigenvalue weighted by Gasteiger charge is -2.12. The minimum Gasteiger partial charge on any atom is -0.387 e. The van der Waals surface area contributed by atoms with Gasteiger partial charge in [-0.25, -0.2) is 13.1 Å². The van der Waals surface area contributed by atoms with Gasteiger partial charge >= 0.3 is 0 Å². The van der Waals surface area contributed by atoms with E-state index in [9.17, 15) is 13.5 Å². The Morgan fingerprint density at radius 2 is 2.05 bits per heavy atom. The molecule has 1 aromatic carbocycles. The van der Waals surface area contributed by atoms with Gasteiger partial charge in [0.25, 0.3) is 0 Å².